The minimum absolute atomic E-state index is 1.19. The molecule has 0 heteroatoms. The van der Waals surface area contributed by atoms with E-state index in [1.165, 1.54) is 11.1 Å². The van der Waals surface area contributed by atoms with Crippen molar-refractivity contribution in [2.24, 2.45) is 0 Å². The normalized spacial score (nSPS) is 14.4. The molecular weight excluding hydrogens is 156 g/mol. The number of allylic oxidation sites excluding steroid dienone is 9. The van der Waals surface area contributed by atoms with Crippen molar-refractivity contribution in [1.29, 1.82) is 0 Å². The third-order valence-electron chi connectivity index (χ3n) is 1.63. The molecule has 70 valence electrons. The van der Waals surface area contributed by atoms with Crippen molar-refractivity contribution in [3.8, 4) is 0 Å². The molecule has 0 rings (SSSR count). The van der Waals surface area contributed by atoms with Crippen molar-refractivity contribution >= 4 is 0 Å². The van der Waals surface area contributed by atoms with Gasteiger partial charge in [-0.3, -0.25) is 0 Å². The number of hydrogen-bond donors (Lipinski definition) is 0. The lowest BCUT2D eigenvalue weighted by molar-refractivity contribution is 1.47. The van der Waals surface area contributed by atoms with Crippen molar-refractivity contribution in [2.45, 2.75) is 20.8 Å². The molecule has 0 heterocycles. The van der Waals surface area contributed by atoms with E-state index in [0.29, 0.717) is 0 Å². The monoisotopic (exact) mass is 174 g/mol. The molecule has 0 bridgehead atoms. The summed E-state index contributed by atoms with van der Waals surface area (Å²) in [6.45, 7) is 9.77. The van der Waals surface area contributed by atoms with Crippen LogP contribution < -0.4 is 0 Å². The second-order valence-electron chi connectivity index (χ2n) is 2.60. The van der Waals surface area contributed by atoms with Crippen LogP contribution in [0.5, 0.6) is 0 Å². The van der Waals surface area contributed by atoms with Crippen LogP contribution in [0.2, 0.25) is 0 Å². The van der Waals surface area contributed by atoms with Crippen LogP contribution >= 0.6 is 0 Å². The fourth-order valence-corrected chi connectivity index (χ4v) is 1.09. The van der Waals surface area contributed by atoms with E-state index >= 15 is 0 Å². The zero-order chi connectivity index (χ0) is 10.1. The number of rotatable bonds is 4. The first-order chi connectivity index (χ1) is 6.29. The molecule has 0 amide bonds. The third kappa shape index (κ3) is 4.32. The molecule has 0 spiro atoms. The molecule has 0 nitrogen and oxygen atoms in total. The van der Waals surface area contributed by atoms with Gasteiger partial charge in [0.05, 0.1) is 0 Å². The van der Waals surface area contributed by atoms with Crippen LogP contribution in [-0.4, -0.2) is 0 Å². The Morgan fingerprint density at radius 3 is 1.85 bits per heavy atom. The minimum atomic E-state index is 1.19. The van der Waals surface area contributed by atoms with Gasteiger partial charge in [0.25, 0.3) is 0 Å². The van der Waals surface area contributed by atoms with Gasteiger partial charge in [0, 0.05) is 0 Å². The van der Waals surface area contributed by atoms with Gasteiger partial charge in [-0.15, -0.1) is 0 Å². The molecule has 0 aliphatic heterocycles. The average molecular weight is 174 g/mol. The molecule has 13 heavy (non-hydrogen) atoms. The molecule has 0 radical (unpaired) electrons. The summed E-state index contributed by atoms with van der Waals surface area (Å²) in [6, 6.07) is 0. The standard InChI is InChI=1S/C13H18/c1-5-9-12(8-4)13(10-6-2)11-7-3/h5-11H,2H2,1,3-4H3/b9-5-,11-7-,12-8-,13-10-. The van der Waals surface area contributed by atoms with Crippen LogP contribution in [0.25, 0.3) is 0 Å². The van der Waals surface area contributed by atoms with Crippen LogP contribution in [0.1, 0.15) is 20.8 Å². The Balaban J connectivity index is 4.92. The molecule has 0 aromatic rings. The summed E-state index contributed by atoms with van der Waals surface area (Å²) in [7, 11) is 0. The first-order valence-corrected chi connectivity index (χ1v) is 4.54. The maximum atomic E-state index is 3.70. The van der Waals surface area contributed by atoms with Gasteiger partial charge in [-0.2, -0.15) is 0 Å². The Hall–Kier alpha value is -1.30. The van der Waals surface area contributed by atoms with Gasteiger partial charge in [0.1, 0.15) is 0 Å². The summed E-state index contributed by atoms with van der Waals surface area (Å²) in [5, 5.41) is 0. The van der Waals surface area contributed by atoms with E-state index in [-0.39, 0.29) is 0 Å². The van der Waals surface area contributed by atoms with Crippen molar-refractivity contribution < 1.29 is 0 Å². The van der Waals surface area contributed by atoms with E-state index in [2.05, 4.69) is 24.8 Å². The van der Waals surface area contributed by atoms with E-state index in [1.807, 2.05) is 45.1 Å². The predicted molar refractivity (Wildman–Crippen MR) is 61.7 cm³/mol. The lowest BCUT2D eigenvalue weighted by atomic mass is 10.0. The molecule has 0 saturated heterocycles. The molecule has 0 unspecified atom stereocenters. The largest absolute Gasteiger partial charge is 0.0990 e. The Labute approximate surface area is 81.7 Å². The van der Waals surface area contributed by atoms with Gasteiger partial charge >= 0.3 is 0 Å². The van der Waals surface area contributed by atoms with Gasteiger partial charge in [-0.25, -0.2) is 0 Å². The van der Waals surface area contributed by atoms with Crippen molar-refractivity contribution in [3.63, 3.8) is 0 Å². The van der Waals surface area contributed by atoms with Crippen LogP contribution in [0.4, 0.5) is 0 Å². The highest BCUT2D eigenvalue weighted by molar-refractivity contribution is 5.47. The molecule has 0 saturated carbocycles. The summed E-state index contributed by atoms with van der Waals surface area (Å²) in [4.78, 5) is 0. The molecule has 0 aliphatic carbocycles. The van der Waals surface area contributed by atoms with E-state index in [0.717, 1.165) is 0 Å². The second kappa shape index (κ2) is 7.35. The smallest absolute Gasteiger partial charge is 0.0191 e. The molecule has 0 atom stereocenters. The Morgan fingerprint density at radius 2 is 1.46 bits per heavy atom. The van der Waals surface area contributed by atoms with Gasteiger partial charge in [0.2, 0.25) is 0 Å². The van der Waals surface area contributed by atoms with Crippen molar-refractivity contribution in [3.05, 3.63) is 60.3 Å². The Kier molecular flexibility index (Phi) is 6.62. The van der Waals surface area contributed by atoms with Crippen molar-refractivity contribution in [1.82, 2.24) is 0 Å². The summed E-state index contributed by atoms with van der Waals surface area (Å²) < 4.78 is 0. The molecule has 0 fully saturated rings. The highest BCUT2D eigenvalue weighted by Crippen LogP contribution is 2.13. The van der Waals surface area contributed by atoms with Gasteiger partial charge < -0.3 is 0 Å². The summed E-state index contributed by atoms with van der Waals surface area (Å²) >= 11 is 0. The van der Waals surface area contributed by atoms with Crippen LogP contribution in [0, 0.1) is 0 Å². The van der Waals surface area contributed by atoms with Crippen LogP contribution in [-0.2, 0) is 0 Å². The molecular formula is C13H18. The van der Waals surface area contributed by atoms with E-state index in [1.54, 1.807) is 0 Å². The highest BCUT2D eigenvalue weighted by atomic mass is 14.0. The van der Waals surface area contributed by atoms with Gasteiger partial charge in [-0.1, -0.05) is 49.1 Å². The SMILES string of the molecule is C=C/C=C(/C=C\C)C(\C=C/C)=C/C. The highest BCUT2D eigenvalue weighted by Gasteiger charge is 1.93. The van der Waals surface area contributed by atoms with Gasteiger partial charge in [0.15, 0.2) is 0 Å². The van der Waals surface area contributed by atoms with E-state index < -0.39 is 0 Å². The second-order valence-corrected chi connectivity index (χ2v) is 2.60. The summed E-state index contributed by atoms with van der Waals surface area (Å²) in [6.07, 6.45) is 14.2. The maximum Gasteiger partial charge on any atom is -0.0191 e. The quantitative estimate of drug-likeness (QED) is 0.560. The van der Waals surface area contributed by atoms with E-state index in [9.17, 15) is 0 Å². The predicted octanol–water partition coefficient (Wildman–Crippen LogP) is 4.20. The lowest BCUT2D eigenvalue weighted by Gasteiger charge is -2.01. The van der Waals surface area contributed by atoms with Crippen LogP contribution in [0.15, 0.2) is 60.3 Å². The third-order valence-corrected chi connectivity index (χ3v) is 1.63. The topological polar surface area (TPSA) is 0 Å². The Morgan fingerprint density at radius 1 is 0.923 bits per heavy atom. The lowest BCUT2D eigenvalue weighted by Crippen LogP contribution is -1.81. The molecule has 0 aliphatic rings. The molecule has 0 aromatic carbocycles. The fourth-order valence-electron chi connectivity index (χ4n) is 1.09. The zero-order valence-corrected chi connectivity index (χ0v) is 8.75. The summed E-state index contributed by atoms with van der Waals surface area (Å²) in [5.41, 5.74) is 2.42. The van der Waals surface area contributed by atoms with E-state index in [4.69, 9.17) is 0 Å². The fraction of sp³-hybridized carbons (Fsp3) is 0.231. The van der Waals surface area contributed by atoms with Gasteiger partial charge in [-0.05, 0) is 31.9 Å². The van der Waals surface area contributed by atoms with Crippen molar-refractivity contribution in [2.75, 3.05) is 0 Å². The number of hydrogen-bond acceptors (Lipinski definition) is 0. The average Bonchev–Trinajstić information content (AvgIpc) is 2.14. The minimum Gasteiger partial charge on any atom is -0.0990 e. The van der Waals surface area contributed by atoms with Crippen LogP contribution in [0.3, 0.4) is 0 Å². The first kappa shape index (κ1) is 11.7. The molecule has 0 aromatic heterocycles. The maximum absolute atomic E-state index is 3.70. The Bertz CT molecular complexity index is 260. The summed E-state index contributed by atoms with van der Waals surface area (Å²) in [5.74, 6) is 0. The zero-order valence-electron chi connectivity index (χ0n) is 8.75. The first-order valence-electron chi connectivity index (χ1n) is 4.54. The molecule has 0 N–H and O–H groups in total.